The number of benzene rings is 1. The molecule has 0 unspecified atom stereocenters. The second kappa shape index (κ2) is 3.18. The van der Waals surface area contributed by atoms with E-state index in [9.17, 15) is 4.39 Å². The number of hydrogen-bond donors (Lipinski definition) is 1. The Kier molecular flexibility index (Phi) is 2.16. The summed E-state index contributed by atoms with van der Waals surface area (Å²) in [5, 5.41) is 3.74. The summed E-state index contributed by atoms with van der Waals surface area (Å²) in [6.07, 6.45) is 1.38. The molecule has 3 heteroatoms. The minimum Gasteiger partial charge on any atom is -0.382 e. The predicted octanol–water partition coefficient (Wildman–Crippen LogP) is 3.25. The molecule has 0 spiro atoms. The maximum absolute atomic E-state index is 13.2. The van der Waals surface area contributed by atoms with E-state index in [0.29, 0.717) is 24.4 Å². The van der Waals surface area contributed by atoms with Crippen molar-refractivity contribution in [2.45, 2.75) is 18.5 Å². The lowest BCUT2D eigenvalue weighted by Crippen LogP contribution is -2.15. The van der Waals surface area contributed by atoms with E-state index in [-0.39, 0.29) is 0 Å². The van der Waals surface area contributed by atoms with Gasteiger partial charge in [0.1, 0.15) is 5.67 Å². The van der Waals surface area contributed by atoms with E-state index in [1.54, 1.807) is 12.1 Å². The van der Waals surface area contributed by atoms with Gasteiger partial charge in [-0.25, -0.2) is 4.39 Å². The fourth-order valence-electron chi connectivity index (χ4n) is 1.14. The standard InChI is InChI=1S/C10H11ClFN/c11-8-1-3-9(4-2-8)13-7-10(12)5-6-10/h1-4,13H,5-7H2. The first-order chi connectivity index (χ1) is 6.18. The average molecular weight is 200 g/mol. The van der Waals surface area contributed by atoms with E-state index in [4.69, 9.17) is 11.6 Å². The van der Waals surface area contributed by atoms with E-state index < -0.39 is 5.67 Å². The number of anilines is 1. The molecule has 1 aliphatic rings. The van der Waals surface area contributed by atoms with Gasteiger partial charge in [0, 0.05) is 17.3 Å². The van der Waals surface area contributed by atoms with Gasteiger partial charge in [0.25, 0.3) is 0 Å². The number of rotatable bonds is 3. The number of nitrogens with one attached hydrogen (secondary N) is 1. The van der Waals surface area contributed by atoms with Crippen LogP contribution in [0.15, 0.2) is 24.3 Å². The zero-order chi connectivity index (χ0) is 9.31. The van der Waals surface area contributed by atoms with Crippen molar-refractivity contribution >= 4 is 17.3 Å². The molecule has 70 valence electrons. The van der Waals surface area contributed by atoms with Crippen LogP contribution in [0.1, 0.15) is 12.8 Å². The van der Waals surface area contributed by atoms with Gasteiger partial charge in [-0.15, -0.1) is 0 Å². The molecule has 1 aromatic carbocycles. The fourth-order valence-corrected chi connectivity index (χ4v) is 1.27. The van der Waals surface area contributed by atoms with E-state index in [2.05, 4.69) is 5.32 Å². The van der Waals surface area contributed by atoms with Gasteiger partial charge in [-0.1, -0.05) is 11.6 Å². The maximum atomic E-state index is 13.2. The van der Waals surface area contributed by atoms with Gasteiger partial charge in [0.05, 0.1) is 0 Å². The Morgan fingerprint density at radius 2 is 1.92 bits per heavy atom. The molecular formula is C10H11ClFN. The summed E-state index contributed by atoms with van der Waals surface area (Å²) in [7, 11) is 0. The Hall–Kier alpha value is -0.760. The lowest BCUT2D eigenvalue weighted by Gasteiger charge is -2.08. The SMILES string of the molecule is FC1(CNc2ccc(Cl)cc2)CC1. The first-order valence-electron chi connectivity index (χ1n) is 4.36. The van der Waals surface area contributed by atoms with E-state index >= 15 is 0 Å². The van der Waals surface area contributed by atoms with Crippen LogP contribution in [0.5, 0.6) is 0 Å². The minimum atomic E-state index is -0.945. The van der Waals surface area contributed by atoms with Crippen LogP contribution in [0, 0.1) is 0 Å². The van der Waals surface area contributed by atoms with Crippen LogP contribution in [0.2, 0.25) is 5.02 Å². The van der Waals surface area contributed by atoms with Crippen molar-refractivity contribution < 1.29 is 4.39 Å². The first-order valence-corrected chi connectivity index (χ1v) is 4.74. The van der Waals surface area contributed by atoms with Crippen LogP contribution >= 0.6 is 11.6 Å². The molecular weight excluding hydrogens is 189 g/mol. The van der Waals surface area contributed by atoms with Crippen molar-refractivity contribution in [2.24, 2.45) is 0 Å². The highest BCUT2D eigenvalue weighted by Gasteiger charge is 2.42. The number of halogens is 2. The number of alkyl halides is 1. The van der Waals surface area contributed by atoms with Crippen LogP contribution in [-0.4, -0.2) is 12.2 Å². The molecule has 2 rings (SSSR count). The summed E-state index contributed by atoms with van der Waals surface area (Å²) in [4.78, 5) is 0. The Balaban J connectivity index is 1.91. The lowest BCUT2D eigenvalue weighted by molar-refractivity contribution is 0.326. The third-order valence-corrected chi connectivity index (χ3v) is 2.50. The van der Waals surface area contributed by atoms with Gasteiger partial charge < -0.3 is 5.32 Å². The zero-order valence-electron chi connectivity index (χ0n) is 7.19. The molecule has 0 aromatic heterocycles. The van der Waals surface area contributed by atoms with Gasteiger partial charge in [0.2, 0.25) is 0 Å². The molecule has 1 saturated carbocycles. The largest absolute Gasteiger partial charge is 0.382 e. The Morgan fingerprint density at radius 1 is 1.31 bits per heavy atom. The van der Waals surface area contributed by atoms with E-state index in [0.717, 1.165) is 5.69 Å². The summed E-state index contributed by atoms with van der Waals surface area (Å²) < 4.78 is 13.2. The summed E-state index contributed by atoms with van der Waals surface area (Å²) in [6.45, 7) is 0.411. The van der Waals surface area contributed by atoms with Gasteiger partial charge in [-0.3, -0.25) is 0 Å². The molecule has 0 amide bonds. The van der Waals surface area contributed by atoms with E-state index in [1.807, 2.05) is 12.1 Å². The molecule has 0 atom stereocenters. The lowest BCUT2D eigenvalue weighted by atomic mass is 10.3. The van der Waals surface area contributed by atoms with Crippen molar-refractivity contribution in [1.82, 2.24) is 0 Å². The van der Waals surface area contributed by atoms with Gasteiger partial charge in [0.15, 0.2) is 0 Å². The maximum Gasteiger partial charge on any atom is 0.128 e. The molecule has 0 aliphatic heterocycles. The molecule has 0 saturated heterocycles. The van der Waals surface area contributed by atoms with Crippen molar-refractivity contribution in [2.75, 3.05) is 11.9 Å². The fraction of sp³-hybridized carbons (Fsp3) is 0.400. The quantitative estimate of drug-likeness (QED) is 0.788. The van der Waals surface area contributed by atoms with Crippen LogP contribution in [-0.2, 0) is 0 Å². The van der Waals surface area contributed by atoms with Crippen LogP contribution < -0.4 is 5.32 Å². The summed E-state index contributed by atoms with van der Waals surface area (Å²) in [5.74, 6) is 0. The molecule has 1 N–H and O–H groups in total. The highest BCUT2D eigenvalue weighted by molar-refractivity contribution is 6.30. The second-order valence-electron chi connectivity index (χ2n) is 3.51. The highest BCUT2D eigenvalue weighted by Crippen LogP contribution is 2.39. The zero-order valence-corrected chi connectivity index (χ0v) is 7.94. The first kappa shape index (κ1) is 8.82. The average Bonchev–Trinajstić information content (AvgIpc) is 2.84. The predicted molar refractivity (Wildman–Crippen MR) is 53.0 cm³/mol. The normalized spacial score (nSPS) is 18.3. The molecule has 0 heterocycles. The Bertz CT molecular complexity index is 292. The van der Waals surface area contributed by atoms with Crippen LogP contribution in [0.4, 0.5) is 10.1 Å². The second-order valence-corrected chi connectivity index (χ2v) is 3.95. The third-order valence-electron chi connectivity index (χ3n) is 2.25. The van der Waals surface area contributed by atoms with E-state index in [1.165, 1.54) is 0 Å². The van der Waals surface area contributed by atoms with Gasteiger partial charge in [-0.05, 0) is 37.1 Å². The Morgan fingerprint density at radius 3 is 2.46 bits per heavy atom. The van der Waals surface area contributed by atoms with Crippen molar-refractivity contribution in [3.05, 3.63) is 29.3 Å². The monoisotopic (exact) mass is 199 g/mol. The van der Waals surface area contributed by atoms with Crippen molar-refractivity contribution in [3.63, 3.8) is 0 Å². The van der Waals surface area contributed by atoms with Crippen LogP contribution in [0.25, 0.3) is 0 Å². The Labute approximate surface area is 81.9 Å². The van der Waals surface area contributed by atoms with Crippen molar-refractivity contribution in [3.8, 4) is 0 Å². The van der Waals surface area contributed by atoms with Crippen LogP contribution in [0.3, 0.4) is 0 Å². The van der Waals surface area contributed by atoms with Gasteiger partial charge in [-0.2, -0.15) is 0 Å². The topological polar surface area (TPSA) is 12.0 Å². The molecule has 0 radical (unpaired) electrons. The molecule has 1 aromatic rings. The summed E-state index contributed by atoms with van der Waals surface area (Å²) >= 11 is 5.71. The summed E-state index contributed by atoms with van der Waals surface area (Å²) in [6, 6.07) is 7.30. The summed E-state index contributed by atoms with van der Waals surface area (Å²) in [5.41, 5.74) is -0.0204. The van der Waals surface area contributed by atoms with Crippen molar-refractivity contribution in [1.29, 1.82) is 0 Å². The molecule has 1 fully saturated rings. The molecule has 0 bridgehead atoms. The molecule has 1 aliphatic carbocycles. The van der Waals surface area contributed by atoms with Gasteiger partial charge >= 0.3 is 0 Å². The highest BCUT2D eigenvalue weighted by atomic mass is 35.5. The number of hydrogen-bond acceptors (Lipinski definition) is 1. The molecule has 1 nitrogen and oxygen atoms in total. The minimum absolute atomic E-state index is 0.411. The molecule has 13 heavy (non-hydrogen) atoms. The third kappa shape index (κ3) is 2.34. The smallest absolute Gasteiger partial charge is 0.128 e.